The van der Waals surface area contributed by atoms with Crippen LogP contribution in [0.3, 0.4) is 0 Å². The van der Waals surface area contributed by atoms with Crippen molar-refractivity contribution >= 4 is 17.8 Å². The Bertz CT molecular complexity index is 520. The van der Waals surface area contributed by atoms with E-state index in [9.17, 15) is 19.5 Å². The normalized spacial score (nSPS) is 23.8. The molecule has 2 aliphatic heterocycles. The van der Waals surface area contributed by atoms with Crippen LogP contribution >= 0.6 is 0 Å². The quantitative estimate of drug-likeness (QED) is 0.796. The summed E-state index contributed by atoms with van der Waals surface area (Å²) in [5.41, 5.74) is -1.21. The highest BCUT2D eigenvalue weighted by Gasteiger charge is 2.39. The summed E-state index contributed by atoms with van der Waals surface area (Å²) < 4.78 is 5.32. The molecule has 2 aliphatic rings. The van der Waals surface area contributed by atoms with Gasteiger partial charge in [0.15, 0.2) is 0 Å². The molecule has 7 heteroatoms. The number of carboxylic acid groups (broad SMARTS) is 1. The van der Waals surface area contributed by atoms with E-state index in [1.165, 1.54) is 0 Å². The summed E-state index contributed by atoms with van der Waals surface area (Å²) in [6, 6.07) is 0. The van der Waals surface area contributed by atoms with E-state index in [0.29, 0.717) is 39.1 Å². The number of hydrogen-bond acceptors (Lipinski definition) is 4. The number of hydrogen-bond donors (Lipinski definition) is 2. The number of carbonyl (C=O) groups is 3. The molecule has 0 spiro atoms. The van der Waals surface area contributed by atoms with Gasteiger partial charge in [0.25, 0.3) is 0 Å². The molecule has 7 nitrogen and oxygen atoms in total. The van der Waals surface area contributed by atoms with Crippen molar-refractivity contribution in [2.45, 2.75) is 58.4 Å². The van der Waals surface area contributed by atoms with Crippen LogP contribution in [-0.2, 0) is 19.1 Å². The van der Waals surface area contributed by atoms with Crippen molar-refractivity contribution in [3.63, 3.8) is 0 Å². The summed E-state index contributed by atoms with van der Waals surface area (Å²) in [5, 5.41) is 12.2. The Kier molecular flexibility index (Phi) is 6.08. The van der Waals surface area contributed by atoms with E-state index in [0.717, 1.165) is 12.8 Å². The zero-order chi connectivity index (χ0) is 18.7. The predicted octanol–water partition coefficient (Wildman–Crippen LogP) is 1.41. The van der Waals surface area contributed by atoms with Crippen LogP contribution in [0.25, 0.3) is 0 Å². The van der Waals surface area contributed by atoms with Crippen molar-refractivity contribution < 1.29 is 24.2 Å². The number of nitrogens with one attached hydrogen (secondary N) is 1. The number of carboxylic acids is 1. The first-order valence-electron chi connectivity index (χ1n) is 9.04. The van der Waals surface area contributed by atoms with E-state index < -0.39 is 16.9 Å². The molecule has 2 fully saturated rings. The Balaban J connectivity index is 2.03. The molecule has 2 saturated heterocycles. The van der Waals surface area contributed by atoms with E-state index in [1.54, 1.807) is 4.90 Å². The number of nitrogens with zero attached hydrogens (tertiary/aromatic N) is 1. The Morgan fingerprint density at radius 2 is 1.88 bits per heavy atom. The fraction of sp³-hybridized carbons (Fsp3) is 0.833. The van der Waals surface area contributed by atoms with Crippen LogP contribution in [0.1, 0.15) is 52.9 Å². The van der Waals surface area contributed by atoms with Crippen molar-refractivity contribution in [1.82, 2.24) is 10.2 Å². The minimum Gasteiger partial charge on any atom is -0.481 e. The maximum absolute atomic E-state index is 12.8. The Morgan fingerprint density at radius 1 is 1.24 bits per heavy atom. The second kappa shape index (κ2) is 7.72. The van der Waals surface area contributed by atoms with Crippen LogP contribution in [0, 0.1) is 11.3 Å². The van der Waals surface area contributed by atoms with Crippen molar-refractivity contribution in [2.24, 2.45) is 11.3 Å². The van der Waals surface area contributed by atoms with E-state index in [4.69, 9.17) is 4.74 Å². The Labute approximate surface area is 149 Å². The molecule has 142 valence electrons. The molecule has 0 aliphatic carbocycles. The van der Waals surface area contributed by atoms with Crippen molar-refractivity contribution in [3.8, 4) is 0 Å². The Morgan fingerprint density at radius 3 is 2.44 bits per heavy atom. The van der Waals surface area contributed by atoms with Gasteiger partial charge < -0.3 is 20.1 Å². The second-order valence-corrected chi connectivity index (χ2v) is 8.29. The number of amides is 2. The fourth-order valence-electron chi connectivity index (χ4n) is 3.61. The van der Waals surface area contributed by atoms with E-state index in [2.05, 4.69) is 5.32 Å². The third-order valence-corrected chi connectivity index (χ3v) is 5.05. The maximum atomic E-state index is 12.8. The summed E-state index contributed by atoms with van der Waals surface area (Å²) in [7, 11) is 0. The molecule has 1 atom stereocenters. The second-order valence-electron chi connectivity index (χ2n) is 8.29. The van der Waals surface area contributed by atoms with Gasteiger partial charge in [-0.2, -0.15) is 0 Å². The van der Waals surface area contributed by atoms with Gasteiger partial charge in [0.2, 0.25) is 11.8 Å². The summed E-state index contributed by atoms with van der Waals surface area (Å²) in [4.78, 5) is 38.3. The molecular weight excluding hydrogens is 324 g/mol. The summed E-state index contributed by atoms with van der Waals surface area (Å²) >= 11 is 0. The zero-order valence-corrected chi connectivity index (χ0v) is 15.5. The highest BCUT2D eigenvalue weighted by Crippen LogP contribution is 2.28. The van der Waals surface area contributed by atoms with Crippen LogP contribution in [0.15, 0.2) is 0 Å². The molecule has 25 heavy (non-hydrogen) atoms. The molecule has 2 amide bonds. The minimum absolute atomic E-state index is 0.0521. The van der Waals surface area contributed by atoms with Gasteiger partial charge in [-0.15, -0.1) is 0 Å². The molecule has 0 radical (unpaired) electrons. The highest BCUT2D eigenvalue weighted by molar-refractivity contribution is 5.84. The lowest BCUT2D eigenvalue weighted by Crippen LogP contribution is -2.57. The molecule has 0 aromatic heterocycles. The highest BCUT2D eigenvalue weighted by atomic mass is 16.5. The van der Waals surface area contributed by atoms with Gasteiger partial charge >= 0.3 is 5.97 Å². The first kappa shape index (κ1) is 19.7. The largest absolute Gasteiger partial charge is 0.481 e. The lowest BCUT2D eigenvalue weighted by molar-refractivity contribution is -0.143. The van der Waals surface area contributed by atoms with Crippen LogP contribution < -0.4 is 5.32 Å². The topological polar surface area (TPSA) is 95.9 Å². The zero-order valence-electron chi connectivity index (χ0n) is 15.5. The molecule has 0 aromatic carbocycles. The van der Waals surface area contributed by atoms with Gasteiger partial charge in [0.1, 0.15) is 0 Å². The molecule has 0 bridgehead atoms. The SMILES string of the molecule is CC(C)(C)C(=O)N1CCCC(C(=O)NC2(CC(=O)O)CCOCC2)C1. The van der Waals surface area contributed by atoms with Gasteiger partial charge in [-0.3, -0.25) is 14.4 Å². The molecule has 0 saturated carbocycles. The summed E-state index contributed by atoms with van der Waals surface area (Å²) in [6.07, 6.45) is 2.42. The standard InChI is InChI=1S/C18H30N2O5/c1-17(2,3)16(24)20-8-4-5-13(12-20)15(23)19-18(11-14(21)22)6-9-25-10-7-18/h13H,4-12H2,1-3H3,(H,19,23)(H,21,22). The maximum Gasteiger partial charge on any atom is 0.305 e. The van der Waals surface area contributed by atoms with Crippen molar-refractivity contribution in [3.05, 3.63) is 0 Å². The third kappa shape index (κ3) is 5.17. The lowest BCUT2D eigenvalue weighted by Gasteiger charge is -2.40. The van der Waals surface area contributed by atoms with E-state index in [1.807, 2.05) is 20.8 Å². The third-order valence-electron chi connectivity index (χ3n) is 5.05. The molecule has 1 unspecified atom stereocenters. The number of aliphatic carboxylic acids is 1. The predicted molar refractivity (Wildman–Crippen MR) is 91.9 cm³/mol. The average molecular weight is 354 g/mol. The van der Waals surface area contributed by atoms with Crippen LogP contribution in [0.5, 0.6) is 0 Å². The minimum atomic E-state index is -0.921. The van der Waals surface area contributed by atoms with Crippen LogP contribution in [0.2, 0.25) is 0 Å². The molecule has 2 N–H and O–H groups in total. The number of ether oxygens (including phenoxy) is 1. The van der Waals surface area contributed by atoms with E-state index in [-0.39, 0.29) is 24.2 Å². The Hall–Kier alpha value is -1.63. The van der Waals surface area contributed by atoms with Gasteiger partial charge in [-0.25, -0.2) is 0 Å². The van der Waals surface area contributed by atoms with Gasteiger partial charge in [-0.05, 0) is 25.7 Å². The molecule has 2 rings (SSSR count). The van der Waals surface area contributed by atoms with Crippen molar-refractivity contribution in [2.75, 3.05) is 26.3 Å². The average Bonchev–Trinajstić information content (AvgIpc) is 2.53. The molecule has 0 aromatic rings. The molecule has 2 heterocycles. The lowest BCUT2D eigenvalue weighted by atomic mass is 9.85. The van der Waals surface area contributed by atoms with Gasteiger partial charge in [-0.1, -0.05) is 20.8 Å². The number of rotatable bonds is 4. The first-order chi connectivity index (χ1) is 11.6. The smallest absolute Gasteiger partial charge is 0.305 e. The monoisotopic (exact) mass is 354 g/mol. The van der Waals surface area contributed by atoms with Gasteiger partial charge in [0.05, 0.1) is 17.9 Å². The number of carbonyl (C=O) groups excluding carboxylic acids is 2. The number of piperidine rings is 1. The van der Waals surface area contributed by atoms with Gasteiger partial charge in [0, 0.05) is 31.7 Å². The van der Waals surface area contributed by atoms with Crippen molar-refractivity contribution in [1.29, 1.82) is 0 Å². The first-order valence-corrected chi connectivity index (χ1v) is 9.04. The fourth-order valence-corrected chi connectivity index (χ4v) is 3.61. The summed E-state index contributed by atoms with van der Waals surface area (Å²) in [5.74, 6) is -1.30. The molecular formula is C18H30N2O5. The van der Waals surface area contributed by atoms with Crippen LogP contribution in [-0.4, -0.2) is 59.6 Å². The van der Waals surface area contributed by atoms with E-state index >= 15 is 0 Å². The van der Waals surface area contributed by atoms with Crippen LogP contribution in [0.4, 0.5) is 0 Å². The summed E-state index contributed by atoms with van der Waals surface area (Å²) in [6.45, 7) is 7.62. The number of likely N-dealkylation sites (tertiary alicyclic amines) is 1.